The third-order valence-corrected chi connectivity index (χ3v) is 6.94. The standard InChI is InChI=1S/C25H28N6O3/c26-23(32)22-19(5-4-9-27-22)24(33)30-12-6-17(7-13-30)18-8-14-31-21(15-18)20(16-28-31)25(34)29-10-2-1-3-11-29/h4-5,8-9,14-17H,1-3,6-7,10-13H2,(H2,26,32). The molecular weight excluding hydrogens is 432 g/mol. The Balaban J connectivity index is 1.31. The number of primary amides is 1. The normalized spacial score (nSPS) is 17.2. The summed E-state index contributed by atoms with van der Waals surface area (Å²) in [7, 11) is 0. The Bertz CT molecular complexity index is 1240. The van der Waals surface area contributed by atoms with E-state index in [2.05, 4.69) is 16.1 Å². The summed E-state index contributed by atoms with van der Waals surface area (Å²) in [6, 6.07) is 7.34. The number of hydrogen-bond donors (Lipinski definition) is 1. The van der Waals surface area contributed by atoms with Crippen LogP contribution in [0.1, 0.15) is 74.8 Å². The minimum atomic E-state index is -0.706. The number of carbonyl (C=O) groups excluding carboxylic acids is 3. The van der Waals surface area contributed by atoms with Crippen LogP contribution in [-0.2, 0) is 0 Å². The Morgan fingerprint density at radius 2 is 1.62 bits per heavy atom. The number of aromatic nitrogens is 3. The van der Waals surface area contributed by atoms with Crippen LogP contribution >= 0.6 is 0 Å². The highest BCUT2D eigenvalue weighted by Gasteiger charge is 2.28. The number of fused-ring (bicyclic) bond motifs is 1. The van der Waals surface area contributed by atoms with Crippen molar-refractivity contribution in [2.75, 3.05) is 26.2 Å². The smallest absolute Gasteiger partial charge is 0.268 e. The van der Waals surface area contributed by atoms with Gasteiger partial charge in [-0.25, -0.2) is 4.52 Å². The Kier molecular flexibility index (Phi) is 6.00. The van der Waals surface area contributed by atoms with Gasteiger partial charge in [0.1, 0.15) is 5.69 Å². The van der Waals surface area contributed by atoms with Crippen LogP contribution in [0.3, 0.4) is 0 Å². The maximum absolute atomic E-state index is 13.1. The van der Waals surface area contributed by atoms with Gasteiger partial charge in [-0.3, -0.25) is 19.4 Å². The Hall–Kier alpha value is -3.75. The zero-order valence-electron chi connectivity index (χ0n) is 19.0. The number of piperidine rings is 2. The molecule has 0 bridgehead atoms. The zero-order chi connectivity index (χ0) is 23.7. The summed E-state index contributed by atoms with van der Waals surface area (Å²) in [6.07, 6.45) is 9.89. The molecule has 5 heterocycles. The summed E-state index contributed by atoms with van der Waals surface area (Å²) in [5, 5.41) is 4.38. The molecule has 2 N–H and O–H groups in total. The average Bonchev–Trinajstić information content (AvgIpc) is 3.31. The Morgan fingerprint density at radius 3 is 2.35 bits per heavy atom. The minimum Gasteiger partial charge on any atom is -0.364 e. The van der Waals surface area contributed by atoms with Crippen molar-refractivity contribution in [1.82, 2.24) is 24.4 Å². The summed E-state index contributed by atoms with van der Waals surface area (Å²) in [5.41, 5.74) is 8.26. The lowest BCUT2D eigenvalue weighted by Crippen LogP contribution is -2.39. The molecule has 0 spiro atoms. The summed E-state index contributed by atoms with van der Waals surface area (Å²) >= 11 is 0. The van der Waals surface area contributed by atoms with Crippen molar-refractivity contribution in [3.05, 3.63) is 65.2 Å². The van der Waals surface area contributed by atoms with Crippen LogP contribution in [0.4, 0.5) is 0 Å². The van der Waals surface area contributed by atoms with Gasteiger partial charge in [-0.2, -0.15) is 5.10 Å². The van der Waals surface area contributed by atoms with Crippen LogP contribution in [0.15, 0.2) is 42.9 Å². The summed E-state index contributed by atoms with van der Waals surface area (Å²) in [4.78, 5) is 45.4. The molecule has 0 unspecified atom stereocenters. The highest BCUT2D eigenvalue weighted by Crippen LogP contribution is 2.30. The monoisotopic (exact) mass is 460 g/mol. The van der Waals surface area contributed by atoms with Crippen molar-refractivity contribution in [3.63, 3.8) is 0 Å². The molecule has 0 saturated carbocycles. The first-order chi connectivity index (χ1) is 16.5. The van der Waals surface area contributed by atoms with E-state index in [0.29, 0.717) is 18.7 Å². The van der Waals surface area contributed by atoms with Gasteiger partial charge in [-0.1, -0.05) is 0 Å². The molecular formula is C25H28N6O3. The number of nitrogens with zero attached hydrogens (tertiary/aromatic N) is 5. The number of rotatable bonds is 4. The minimum absolute atomic E-state index is 0.00621. The molecule has 176 valence electrons. The van der Waals surface area contributed by atoms with Crippen molar-refractivity contribution in [1.29, 1.82) is 0 Å². The van der Waals surface area contributed by atoms with E-state index in [9.17, 15) is 14.4 Å². The van der Waals surface area contributed by atoms with Crippen LogP contribution in [0.2, 0.25) is 0 Å². The van der Waals surface area contributed by atoms with Crippen LogP contribution < -0.4 is 5.73 Å². The summed E-state index contributed by atoms with van der Waals surface area (Å²) in [6.45, 7) is 2.74. The lowest BCUT2D eigenvalue weighted by molar-refractivity contribution is 0.0705. The number of pyridine rings is 2. The molecule has 2 aliphatic heterocycles. The predicted molar refractivity (Wildman–Crippen MR) is 126 cm³/mol. The number of amides is 3. The zero-order valence-corrected chi connectivity index (χ0v) is 19.0. The third kappa shape index (κ3) is 4.13. The molecule has 9 heteroatoms. The molecule has 0 radical (unpaired) electrons. The quantitative estimate of drug-likeness (QED) is 0.643. The fourth-order valence-corrected chi connectivity index (χ4v) is 5.04. The fourth-order valence-electron chi connectivity index (χ4n) is 5.04. The van der Waals surface area contributed by atoms with Gasteiger partial charge in [-0.15, -0.1) is 0 Å². The lowest BCUT2D eigenvalue weighted by atomic mass is 9.89. The molecule has 5 rings (SSSR count). The second-order valence-electron chi connectivity index (χ2n) is 9.03. The van der Waals surface area contributed by atoms with E-state index in [4.69, 9.17) is 5.73 Å². The molecule has 9 nitrogen and oxygen atoms in total. The topological polar surface area (TPSA) is 114 Å². The molecule has 0 aromatic carbocycles. The van der Waals surface area contributed by atoms with Gasteiger partial charge in [0.25, 0.3) is 17.7 Å². The van der Waals surface area contributed by atoms with Crippen LogP contribution in [-0.4, -0.2) is 68.3 Å². The van der Waals surface area contributed by atoms with Crippen molar-refractivity contribution in [2.45, 2.75) is 38.0 Å². The van der Waals surface area contributed by atoms with Crippen molar-refractivity contribution in [3.8, 4) is 0 Å². The van der Waals surface area contributed by atoms with Gasteiger partial charge in [0.05, 0.1) is 22.8 Å². The number of hydrogen-bond acceptors (Lipinski definition) is 5. The van der Waals surface area contributed by atoms with Crippen LogP contribution in [0.25, 0.3) is 5.52 Å². The van der Waals surface area contributed by atoms with Gasteiger partial charge < -0.3 is 15.5 Å². The Labute approximate surface area is 197 Å². The molecule has 34 heavy (non-hydrogen) atoms. The van der Waals surface area contributed by atoms with E-state index < -0.39 is 5.91 Å². The first-order valence-electron chi connectivity index (χ1n) is 11.8. The van der Waals surface area contributed by atoms with E-state index in [-0.39, 0.29) is 29.0 Å². The van der Waals surface area contributed by atoms with E-state index in [1.165, 1.54) is 12.6 Å². The molecule has 3 aromatic heterocycles. The maximum atomic E-state index is 13.1. The van der Waals surface area contributed by atoms with E-state index >= 15 is 0 Å². The molecule has 0 atom stereocenters. The first-order valence-corrected chi connectivity index (χ1v) is 11.8. The van der Waals surface area contributed by atoms with Crippen molar-refractivity contribution >= 4 is 23.2 Å². The second-order valence-corrected chi connectivity index (χ2v) is 9.03. The molecule has 2 saturated heterocycles. The Morgan fingerprint density at radius 1 is 0.912 bits per heavy atom. The van der Waals surface area contributed by atoms with Gasteiger partial charge in [0, 0.05) is 38.6 Å². The SMILES string of the molecule is NC(=O)c1ncccc1C(=O)N1CCC(c2ccn3ncc(C(=O)N4CCCCC4)c3c2)CC1. The number of likely N-dealkylation sites (tertiary alicyclic amines) is 2. The second kappa shape index (κ2) is 9.24. The van der Waals surface area contributed by atoms with Gasteiger partial charge in [0.2, 0.25) is 0 Å². The number of nitrogens with two attached hydrogens (primary N) is 1. The van der Waals surface area contributed by atoms with Crippen LogP contribution in [0.5, 0.6) is 0 Å². The van der Waals surface area contributed by atoms with E-state index in [1.807, 2.05) is 17.2 Å². The highest BCUT2D eigenvalue weighted by atomic mass is 16.2. The molecule has 2 aliphatic rings. The molecule has 2 fully saturated rings. The lowest BCUT2D eigenvalue weighted by Gasteiger charge is -2.32. The van der Waals surface area contributed by atoms with Crippen molar-refractivity contribution < 1.29 is 14.4 Å². The van der Waals surface area contributed by atoms with Gasteiger partial charge in [-0.05, 0) is 67.9 Å². The van der Waals surface area contributed by atoms with Crippen molar-refractivity contribution in [2.24, 2.45) is 5.73 Å². The highest BCUT2D eigenvalue weighted by molar-refractivity contribution is 6.05. The van der Waals surface area contributed by atoms with E-state index in [0.717, 1.165) is 49.9 Å². The average molecular weight is 461 g/mol. The largest absolute Gasteiger partial charge is 0.364 e. The molecule has 3 amide bonds. The summed E-state index contributed by atoms with van der Waals surface area (Å²) in [5.74, 6) is -0.607. The molecule has 0 aliphatic carbocycles. The van der Waals surface area contributed by atoms with Crippen LogP contribution in [0, 0.1) is 0 Å². The van der Waals surface area contributed by atoms with Gasteiger partial charge in [0.15, 0.2) is 0 Å². The number of carbonyl (C=O) groups is 3. The fraction of sp³-hybridized carbons (Fsp3) is 0.400. The summed E-state index contributed by atoms with van der Waals surface area (Å²) < 4.78 is 1.76. The van der Waals surface area contributed by atoms with E-state index in [1.54, 1.807) is 27.7 Å². The van der Waals surface area contributed by atoms with Gasteiger partial charge >= 0.3 is 0 Å². The maximum Gasteiger partial charge on any atom is 0.268 e. The first kappa shape index (κ1) is 22.1. The molecule has 3 aromatic rings. The predicted octanol–water partition coefficient (Wildman–Crippen LogP) is 2.47. The third-order valence-electron chi connectivity index (χ3n) is 6.94.